The number of nitrogens with one attached hydrogen (secondary N) is 1. The van der Waals surface area contributed by atoms with E-state index in [2.05, 4.69) is 4.98 Å². The number of ether oxygens (including phenoxy) is 1. The minimum Gasteiger partial charge on any atom is -0.497 e. The number of nitrogens with zero attached hydrogens (tertiary/aromatic N) is 2. The Hall–Kier alpha value is -2.44. The molecule has 0 aliphatic rings. The van der Waals surface area contributed by atoms with Crippen molar-refractivity contribution in [3.05, 3.63) is 59.9 Å². The molecule has 6 heteroatoms. The van der Waals surface area contributed by atoms with Gasteiger partial charge >= 0.3 is 0 Å². The van der Waals surface area contributed by atoms with Crippen molar-refractivity contribution in [1.29, 1.82) is 0 Å². The second-order valence-corrected chi connectivity index (χ2v) is 6.28. The van der Waals surface area contributed by atoms with Crippen LogP contribution in [0, 0.1) is 5.92 Å². The average molecular weight is 343 g/mol. The monoisotopic (exact) mass is 343 g/mol. The highest BCUT2D eigenvalue weighted by Gasteiger charge is 2.29. The Morgan fingerprint density at radius 3 is 2.40 bits per heavy atom. The summed E-state index contributed by atoms with van der Waals surface area (Å²) in [6.07, 6.45) is 3.51. The fourth-order valence-corrected chi connectivity index (χ4v) is 2.90. The zero-order valence-corrected chi connectivity index (χ0v) is 14.8. The van der Waals surface area contributed by atoms with Gasteiger partial charge in [-0.15, -0.1) is 0 Å². The summed E-state index contributed by atoms with van der Waals surface area (Å²) in [4.78, 5) is 18.4. The highest BCUT2D eigenvalue weighted by Crippen LogP contribution is 2.20. The molecule has 6 nitrogen and oxygen atoms in total. The summed E-state index contributed by atoms with van der Waals surface area (Å²) in [6, 6.07) is 11.1. The van der Waals surface area contributed by atoms with Crippen molar-refractivity contribution in [2.75, 3.05) is 7.11 Å². The number of hydroxylamine groups is 1. The first-order valence-corrected chi connectivity index (χ1v) is 8.25. The number of pyridine rings is 1. The summed E-state index contributed by atoms with van der Waals surface area (Å²) in [5, 5.41) is 9.15. The van der Waals surface area contributed by atoms with Gasteiger partial charge in [-0.2, -0.15) is 0 Å². The molecule has 0 fully saturated rings. The van der Waals surface area contributed by atoms with Crippen molar-refractivity contribution in [2.45, 2.75) is 33.0 Å². The molecule has 1 amide bonds. The van der Waals surface area contributed by atoms with Crippen LogP contribution < -0.4 is 10.2 Å². The van der Waals surface area contributed by atoms with Gasteiger partial charge in [0, 0.05) is 25.5 Å². The predicted octanol–water partition coefficient (Wildman–Crippen LogP) is 2.62. The number of aromatic nitrogens is 1. The van der Waals surface area contributed by atoms with Gasteiger partial charge in [0.25, 0.3) is 5.91 Å². The summed E-state index contributed by atoms with van der Waals surface area (Å²) in [6.45, 7) is 5.04. The van der Waals surface area contributed by atoms with Gasteiger partial charge in [0.2, 0.25) is 0 Å². The van der Waals surface area contributed by atoms with Crippen molar-refractivity contribution >= 4 is 5.91 Å². The van der Waals surface area contributed by atoms with E-state index in [9.17, 15) is 4.79 Å². The van der Waals surface area contributed by atoms with Crippen LogP contribution in [0.5, 0.6) is 5.75 Å². The molecule has 134 valence electrons. The Bertz CT molecular complexity index is 659. The van der Waals surface area contributed by atoms with Gasteiger partial charge in [-0.05, 0) is 35.2 Å². The molecule has 0 aliphatic heterocycles. The summed E-state index contributed by atoms with van der Waals surface area (Å²) in [5.41, 5.74) is 3.86. The van der Waals surface area contributed by atoms with E-state index in [-0.39, 0.29) is 5.92 Å². The number of hydrogen-bond acceptors (Lipinski definition) is 5. The van der Waals surface area contributed by atoms with Gasteiger partial charge < -0.3 is 4.74 Å². The molecule has 0 unspecified atom stereocenters. The smallest absolute Gasteiger partial charge is 0.260 e. The molecule has 0 bridgehead atoms. The molecule has 0 saturated heterocycles. The Morgan fingerprint density at radius 2 is 1.88 bits per heavy atom. The van der Waals surface area contributed by atoms with E-state index in [4.69, 9.17) is 9.94 Å². The number of rotatable bonds is 8. The fraction of sp³-hybridized carbons (Fsp3) is 0.368. The summed E-state index contributed by atoms with van der Waals surface area (Å²) in [5.74, 6) is 0.408. The highest BCUT2D eigenvalue weighted by atomic mass is 16.5. The van der Waals surface area contributed by atoms with E-state index >= 15 is 0 Å². The maximum Gasteiger partial charge on any atom is 0.260 e. The van der Waals surface area contributed by atoms with Crippen LogP contribution in [0.25, 0.3) is 0 Å². The lowest BCUT2D eigenvalue weighted by Crippen LogP contribution is -2.48. The van der Waals surface area contributed by atoms with Crippen LogP contribution in [0.2, 0.25) is 0 Å². The topological polar surface area (TPSA) is 74.7 Å². The van der Waals surface area contributed by atoms with E-state index in [0.717, 1.165) is 16.9 Å². The first-order valence-electron chi connectivity index (χ1n) is 8.25. The van der Waals surface area contributed by atoms with Crippen LogP contribution in [0.1, 0.15) is 25.0 Å². The van der Waals surface area contributed by atoms with Crippen molar-refractivity contribution in [3.8, 4) is 5.75 Å². The highest BCUT2D eigenvalue weighted by molar-refractivity contribution is 5.80. The molecular formula is C19H25N3O3. The Labute approximate surface area is 148 Å². The molecule has 0 aliphatic carbocycles. The molecule has 2 N–H and O–H groups in total. The number of carbonyl (C=O) groups is 1. The van der Waals surface area contributed by atoms with Crippen molar-refractivity contribution < 1.29 is 14.7 Å². The first kappa shape index (κ1) is 18.9. The van der Waals surface area contributed by atoms with Crippen LogP contribution in [-0.2, 0) is 17.9 Å². The molecule has 0 spiro atoms. The van der Waals surface area contributed by atoms with Gasteiger partial charge in [-0.3, -0.25) is 19.9 Å². The molecule has 1 heterocycles. The second kappa shape index (κ2) is 9.15. The Morgan fingerprint density at radius 1 is 1.20 bits per heavy atom. The number of benzene rings is 1. The average Bonchev–Trinajstić information content (AvgIpc) is 2.62. The zero-order chi connectivity index (χ0) is 18.2. The van der Waals surface area contributed by atoms with Gasteiger partial charge in [0.1, 0.15) is 5.75 Å². The Kier molecular flexibility index (Phi) is 6.91. The zero-order valence-electron chi connectivity index (χ0n) is 14.8. The standard InChI is InChI=1S/C19H25N3O3/c1-14(2)18(19(23)21-24)22(13-16-5-4-10-20-11-16)12-15-6-8-17(25-3)9-7-15/h4-11,14,18,24H,12-13H2,1-3H3,(H,21,23)/t18-/m1/s1. The molecular weight excluding hydrogens is 318 g/mol. The van der Waals surface area contributed by atoms with Crippen LogP contribution in [0.3, 0.4) is 0 Å². The number of hydrogen-bond donors (Lipinski definition) is 2. The largest absolute Gasteiger partial charge is 0.497 e. The molecule has 2 aromatic rings. The Balaban J connectivity index is 2.27. The van der Waals surface area contributed by atoms with Crippen LogP contribution >= 0.6 is 0 Å². The molecule has 1 aromatic heterocycles. The predicted molar refractivity (Wildman–Crippen MR) is 95.0 cm³/mol. The molecule has 25 heavy (non-hydrogen) atoms. The van der Waals surface area contributed by atoms with E-state index in [1.165, 1.54) is 0 Å². The van der Waals surface area contributed by atoms with E-state index in [1.54, 1.807) is 25.0 Å². The number of carbonyl (C=O) groups excluding carboxylic acids is 1. The second-order valence-electron chi connectivity index (χ2n) is 6.28. The maximum atomic E-state index is 12.2. The van der Waals surface area contributed by atoms with Crippen LogP contribution in [-0.4, -0.2) is 34.1 Å². The van der Waals surface area contributed by atoms with E-state index < -0.39 is 11.9 Å². The fourth-order valence-electron chi connectivity index (χ4n) is 2.90. The molecule has 2 rings (SSSR count). The summed E-state index contributed by atoms with van der Waals surface area (Å²) >= 11 is 0. The first-order chi connectivity index (χ1) is 12.0. The quantitative estimate of drug-likeness (QED) is 0.569. The van der Waals surface area contributed by atoms with Gasteiger partial charge in [0.15, 0.2) is 0 Å². The number of methoxy groups -OCH3 is 1. The van der Waals surface area contributed by atoms with Crippen LogP contribution in [0.4, 0.5) is 0 Å². The minimum atomic E-state index is -0.465. The van der Waals surface area contributed by atoms with Crippen molar-refractivity contribution in [1.82, 2.24) is 15.4 Å². The lowest BCUT2D eigenvalue weighted by molar-refractivity contribution is -0.137. The van der Waals surface area contributed by atoms with E-state index in [0.29, 0.717) is 13.1 Å². The number of amides is 1. The molecule has 0 radical (unpaired) electrons. The van der Waals surface area contributed by atoms with E-state index in [1.807, 2.05) is 55.1 Å². The lowest BCUT2D eigenvalue weighted by Gasteiger charge is -2.32. The third-order valence-corrected chi connectivity index (χ3v) is 4.06. The summed E-state index contributed by atoms with van der Waals surface area (Å²) < 4.78 is 5.19. The third kappa shape index (κ3) is 5.27. The minimum absolute atomic E-state index is 0.0297. The van der Waals surface area contributed by atoms with Crippen molar-refractivity contribution in [2.24, 2.45) is 5.92 Å². The normalized spacial score (nSPS) is 12.2. The SMILES string of the molecule is COc1ccc(CN(Cc2cccnc2)[C@@H](C(=O)NO)C(C)C)cc1. The third-order valence-electron chi connectivity index (χ3n) is 4.06. The summed E-state index contributed by atoms with van der Waals surface area (Å²) in [7, 11) is 1.63. The van der Waals surface area contributed by atoms with Crippen LogP contribution in [0.15, 0.2) is 48.8 Å². The van der Waals surface area contributed by atoms with Gasteiger partial charge in [0.05, 0.1) is 13.2 Å². The molecule has 0 saturated carbocycles. The van der Waals surface area contributed by atoms with Crippen molar-refractivity contribution in [3.63, 3.8) is 0 Å². The lowest BCUT2D eigenvalue weighted by atomic mass is 10.00. The molecule has 1 atom stereocenters. The van der Waals surface area contributed by atoms with Gasteiger partial charge in [-0.25, -0.2) is 5.48 Å². The van der Waals surface area contributed by atoms with Gasteiger partial charge in [-0.1, -0.05) is 32.0 Å². The molecule has 1 aromatic carbocycles. The maximum absolute atomic E-state index is 12.2.